The summed E-state index contributed by atoms with van der Waals surface area (Å²) in [4.78, 5) is 0. The second kappa shape index (κ2) is 6.96. The molecule has 0 aliphatic rings. The molecule has 0 bridgehead atoms. The smallest absolute Gasteiger partial charge is 0.207 e. The van der Waals surface area contributed by atoms with E-state index in [1.54, 1.807) is 36.4 Å². The summed E-state index contributed by atoms with van der Waals surface area (Å²) < 4.78 is 16.0. The molecule has 0 heterocycles. The maximum Gasteiger partial charge on any atom is 0.207 e. The van der Waals surface area contributed by atoms with E-state index in [0.29, 0.717) is 17.1 Å². The summed E-state index contributed by atoms with van der Waals surface area (Å²) in [5, 5.41) is 19.7. The highest BCUT2D eigenvalue weighted by Crippen LogP contribution is 2.49. The molecule has 5 nitrogen and oxygen atoms in total. The van der Waals surface area contributed by atoms with Gasteiger partial charge in [0.1, 0.15) is 5.75 Å². The van der Waals surface area contributed by atoms with Gasteiger partial charge in [-0.25, -0.2) is 0 Å². The minimum absolute atomic E-state index is 0.0502. The highest BCUT2D eigenvalue weighted by Gasteiger charge is 2.25. The Balaban J connectivity index is 2.66. The third-order valence-corrected chi connectivity index (χ3v) is 3.63. The highest BCUT2D eigenvalue weighted by atomic mass is 16.5. The van der Waals surface area contributed by atoms with E-state index in [1.165, 1.54) is 21.3 Å². The van der Waals surface area contributed by atoms with Crippen molar-refractivity contribution in [2.45, 2.75) is 5.92 Å². The van der Waals surface area contributed by atoms with Gasteiger partial charge in [-0.15, -0.1) is 6.58 Å². The first-order chi connectivity index (χ1) is 11.1. The Kier molecular flexibility index (Phi) is 5.01. The number of phenolic OH excluding ortho intramolecular Hbond substituents is 2. The van der Waals surface area contributed by atoms with Crippen LogP contribution in [0.25, 0.3) is 0 Å². The van der Waals surface area contributed by atoms with E-state index in [1.807, 2.05) is 0 Å². The number of phenols is 2. The van der Waals surface area contributed by atoms with E-state index in [9.17, 15) is 10.2 Å². The van der Waals surface area contributed by atoms with Crippen molar-refractivity contribution in [1.29, 1.82) is 0 Å². The van der Waals surface area contributed by atoms with E-state index < -0.39 is 0 Å². The fraction of sp³-hybridized carbons (Fsp3) is 0.222. The van der Waals surface area contributed by atoms with Crippen LogP contribution in [0.2, 0.25) is 0 Å². The van der Waals surface area contributed by atoms with Crippen molar-refractivity contribution in [2.75, 3.05) is 21.3 Å². The lowest BCUT2D eigenvalue weighted by atomic mass is 9.90. The number of rotatable bonds is 6. The second-order valence-electron chi connectivity index (χ2n) is 4.89. The van der Waals surface area contributed by atoms with Crippen LogP contribution < -0.4 is 14.2 Å². The van der Waals surface area contributed by atoms with Crippen LogP contribution >= 0.6 is 0 Å². The third kappa shape index (κ3) is 3.04. The maximum atomic E-state index is 10.2. The van der Waals surface area contributed by atoms with Crippen LogP contribution in [0.3, 0.4) is 0 Å². The molecule has 2 aromatic carbocycles. The van der Waals surface area contributed by atoms with Crippen LogP contribution in [0.1, 0.15) is 17.0 Å². The topological polar surface area (TPSA) is 68.2 Å². The predicted molar refractivity (Wildman–Crippen MR) is 87.9 cm³/mol. The van der Waals surface area contributed by atoms with Crippen molar-refractivity contribution in [2.24, 2.45) is 0 Å². The normalized spacial score (nSPS) is 11.6. The number of hydrogen-bond donors (Lipinski definition) is 2. The molecule has 0 saturated heterocycles. The summed E-state index contributed by atoms with van der Waals surface area (Å²) >= 11 is 0. The molecule has 0 fully saturated rings. The van der Waals surface area contributed by atoms with Gasteiger partial charge < -0.3 is 24.4 Å². The SMILES string of the molecule is C=C[C@H](c1ccc(O)cc1)c1cc(O)c(OC)c(OC)c1OC. The number of benzene rings is 2. The molecule has 0 amide bonds. The van der Waals surface area contributed by atoms with E-state index in [2.05, 4.69) is 6.58 Å². The van der Waals surface area contributed by atoms with Gasteiger partial charge in [-0.05, 0) is 23.8 Å². The van der Waals surface area contributed by atoms with Gasteiger partial charge in [0, 0.05) is 11.5 Å². The molecule has 0 aromatic heterocycles. The first-order valence-corrected chi connectivity index (χ1v) is 7.00. The zero-order valence-electron chi connectivity index (χ0n) is 13.4. The Morgan fingerprint density at radius 2 is 1.48 bits per heavy atom. The zero-order valence-corrected chi connectivity index (χ0v) is 13.4. The number of hydrogen-bond acceptors (Lipinski definition) is 5. The number of aromatic hydroxyl groups is 2. The van der Waals surface area contributed by atoms with Crippen molar-refractivity contribution in [1.82, 2.24) is 0 Å². The number of allylic oxidation sites excluding steroid dienone is 1. The quantitative estimate of drug-likeness (QED) is 0.799. The molecule has 0 saturated carbocycles. The predicted octanol–water partition coefficient (Wildman–Crippen LogP) is 3.44. The Morgan fingerprint density at radius 1 is 0.913 bits per heavy atom. The molecule has 1 atom stereocenters. The molecular weight excluding hydrogens is 296 g/mol. The Bertz CT molecular complexity index is 692. The average Bonchev–Trinajstić information content (AvgIpc) is 2.56. The summed E-state index contributed by atoms with van der Waals surface area (Å²) in [6.07, 6.45) is 1.73. The highest BCUT2D eigenvalue weighted by molar-refractivity contribution is 5.64. The summed E-state index contributed by atoms with van der Waals surface area (Å²) in [7, 11) is 4.45. The molecule has 0 radical (unpaired) electrons. The molecule has 0 unspecified atom stereocenters. The fourth-order valence-electron chi connectivity index (χ4n) is 2.58. The number of ether oxygens (including phenoxy) is 3. The van der Waals surface area contributed by atoms with Gasteiger partial charge in [0.05, 0.1) is 21.3 Å². The van der Waals surface area contributed by atoms with Gasteiger partial charge in [-0.1, -0.05) is 18.2 Å². The van der Waals surface area contributed by atoms with E-state index in [0.717, 1.165) is 5.56 Å². The molecule has 2 N–H and O–H groups in total. The van der Waals surface area contributed by atoms with Gasteiger partial charge in [0.2, 0.25) is 11.5 Å². The van der Waals surface area contributed by atoms with Crippen molar-refractivity contribution < 1.29 is 24.4 Å². The Hall–Kier alpha value is -2.82. The first-order valence-electron chi connectivity index (χ1n) is 7.00. The molecule has 0 spiro atoms. The van der Waals surface area contributed by atoms with E-state index in [-0.39, 0.29) is 23.2 Å². The zero-order chi connectivity index (χ0) is 17.0. The summed E-state index contributed by atoms with van der Waals surface area (Å²) in [6, 6.07) is 8.33. The molecule has 2 rings (SSSR count). The molecular formula is C18H20O5. The third-order valence-electron chi connectivity index (χ3n) is 3.63. The van der Waals surface area contributed by atoms with Crippen LogP contribution in [0.4, 0.5) is 0 Å². The van der Waals surface area contributed by atoms with E-state index >= 15 is 0 Å². The molecule has 0 aliphatic carbocycles. The largest absolute Gasteiger partial charge is 0.508 e. The van der Waals surface area contributed by atoms with Gasteiger partial charge in [-0.2, -0.15) is 0 Å². The Labute approximate surface area is 135 Å². The fourth-order valence-corrected chi connectivity index (χ4v) is 2.58. The van der Waals surface area contributed by atoms with Crippen molar-refractivity contribution in [3.05, 3.63) is 54.1 Å². The van der Waals surface area contributed by atoms with Gasteiger partial charge in [-0.3, -0.25) is 0 Å². The van der Waals surface area contributed by atoms with Crippen LogP contribution in [0.15, 0.2) is 43.0 Å². The summed E-state index contributed by atoms with van der Waals surface area (Å²) in [5.41, 5.74) is 1.58. The van der Waals surface area contributed by atoms with E-state index in [4.69, 9.17) is 14.2 Å². The van der Waals surface area contributed by atoms with Crippen LogP contribution in [-0.4, -0.2) is 31.5 Å². The maximum absolute atomic E-state index is 10.2. The van der Waals surface area contributed by atoms with Crippen LogP contribution in [0, 0.1) is 0 Å². The average molecular weight is 316 g/mol. The molecule has 5 heteroatoms. The standard InChI is InChI=1S/C18H20O5/c1-5-13(11-6-8-12(19)9-7-11)14-10-15(20)17(22-3)18(23-4)16(14)21-2/h5-10,13,19-20H,1H2,2-4H3/t13-/m1/s1. The second-order valence-corrected chi connectivity index (χ2v) is 4.89. The van der Waals surface area contributed by atoms with Crippen molar-refractivity contribution in [3.63, 3.8) is 0 Å². The lowest BCUT2D eigenvalue weighted by molar-refractivity contribution is 0.308. The number of methoxy groups -OCH3 is 3. The minimum Gasteiger partial charge on any atom is -0.508 e. The van der Waals surface area contributed by atoms with Crippen molar-refractivity contribution >= 4 is 0 Å². The molecule has 2 aromatic rings. The first kappa shape index (κ1) is 16.5. The molecule has 23 heavy (non-hydrogen) atoms. The van der Waals surface area contributed by atoms with Gasteiger partial charge >= 0.3 is 0 Å². The van der Waals surface area contributed by atoms with Gasteiger partial charge in [0.15, 0.2) is 11.5 Å². The van der Waals surface area contributed by atoms with Gasteiger partial charge in [0.25, 0.3) is 0 Å². The summed E-state index contributed by atoms with van der Waals surface area (Å²) in [5.74, 6) is 0.859. The minimum atomic E-state index is -0.253. The lowest BCUT2D eigenvalue weighted by Gasteiger charge is -2.21. The van der Waals surface area contributed by atoms with Crippen LogP contribution in [-0.2, 0) is 0 Å². The molecule has 0 aliphatic heterocycles. The van der Waals surface area contributed by atoms with Crippen LogP contribution in [0.5, 0.6) is 28.7 Å². The lowest BCUT2D eigenvalue weighted by Crippen LogP contribution is -2.04. The summed E-state index contributed by atoms with van der Waals surface area (Å²) in [6.45, 7) is 3.87. The monoisotopic (exact) mass is 316 g/mol. The van der Waals surface area contributed by atoms with Crippen molar-refractivity contribution in [3.8, 4) is 28.7 Å². The molecule has 122 valence electrons. The Morgan fingerprint density at radius 3 is 1.96 bits per heavy atom.